The van der Waals surface area contributed by atoms with Gasteiger partial charge in [-0.3, -0.25) is 4.79 Å². The summed E-state index contributed by atoms with van der Waals surface area (Å²) in [6.07, 6.45) is 0. The highest BCUT2D eigenvalue weighted by atomic mass is 19.1. The fourth-order valence-corrected chi connectivity index (χ4v) is 1.68. The molecule has 0 aliphatic carbocycles. The molecule has 0 radical (unpaired) electrons. The predicted molar refractivity (Wildman–Crippen MR) is 62.3 cm³/mol. The van der Waals surface area contributed by atoms with Crippen LogP contribution >= 0.6 is 0 Å². The molecule has 17 heavy (non-hydrogen) atoms. The maximum atomic E-state index is 13.5. The van der Waals surface area contributed by atoms with Crippen LogP contribution in [0, 0.1) is 11.2 Å². The molecule has 1 aromatic rings. The number of benzene rings is 1. The maximum absolute atomic E-state index is 13.5. The van der Waals surface area contributed by atoms with Crippen LogP contribution in [0.15, 0.2) is 18.2 Å². The van der Waals surface area contributed by atoms with Crippen molar-refractivity contribution in [3.05, 3.63) is 29.6 Å². The second-order valence-electron chi connectivity index (χ2n) is 4.72. The van der Waals surface area contributed by atoms with E-state index in [-0.39, 0.29) is 11.2 Å². The Morgan fingerprint density at radius 3 is 2.82 bits per heavy atom. The lowest BCUT2D eigenvalue weighted by molar-refractivity contribution is -0.0924. The van der Waals surface area contributed by atoms with Crippen molar-refractivity contribution < 1.29 is 13.9 Å². The molecule has 1 aromatic carbocycles. The number of carbonyl (C=O) groups is 1. The van der Waals surface area contributed by atoms with Crippen molar-refractivity contribution in [1.82, 2.24) is 0 Å². The van der Waals surface area contributed by atoms with E-state index < -0.39 is 5.91 Å². The van der Waals surface area contributed by atoms with Gasteiger partial charge in [0.05, 0.1) is 18.9 Å². The van der Waals surface area contributed by atoms with Crippen molar-refractivity contribution in [2.24, 2.45) is 11.1 Å². The molecule has 0 aromatic heterocycles. The lowest BCUT2D eigenvalue weighted by atomic mass is 9.88. The van der Waals surface area contributed by atoms with E-state index in [0.29, 0.717) is 31.0 Å². The highest BCUT2D eigenvalue weighted by Gasteiger charge is 2.33. The third-order valence-corrected chi connectivity index (χ3v) is 2.86. The molecule has 0 bridgehead atoms. The van der Waals surface area contributed by atoms with E-state index in [1.807, 2.05) is 0 Å². The fraction of sp³-hybridized carbons (Fsp3) is 0.417. The van der Waals surface area contributed by atoms with Crippen molar-refractivity contribution in [2.75, 3.05) is 25.1 Å². The highest BCUT2D eigenvalue weighted by molar-refractivity contribution is 5.93. The minimum absolute atomic E-state index is 0.0369. The molecule has 4 nitrogen and oxygen atoms in total. The van der Waals surface area contributed by atoms with E-state index in [1.165, 1.54) is 18.2 Å². The van der Waals surface area contributed by atoms with Crippen LogP contribution in [-0.2, 0) is 4.74 Å². The summed E-state index contributed by atoms with van der Waals surface area (Å²) in [5.41, 5.74) is 5.78. The first-order chi connectivity index (χ1) is 8.00. The summed E-state index contributed by atoms with van der Waals surface area (Å²) in [4.78, 5) is 11.0. The number of nitrogens with one attached hydrogen (secondary N) is 1. The first-order valence-electron chi connectivity index (χ1n) is 5.41. The zero-order valence-electron chi connectivity index (χ0n) is 9.63. The summed E-state index contributed by atoms with van der Waals surface area (Å²) in [5.74, 6) is -0.954. The highest BCUT2D eigenvalue weighted by Crippen LogP contribution is 2.27. The minimum atomic E-state index is -0.564. The third kappa shape index (κ3) is 2.55. The van der Waals surface area contributed by atoms with Gasteiger partial charge in [-0.1, -0.05) is 6.92 Å². The van der Waals surface area contributed by atoms with Gasteiger partial charge in [0.15, 0.2) is 0 Å². The van der Waals surface area contributed by atoms with Crippen molar-refractivity contribution >= 4 is 11.6 Å². The van der Waals surface area contributed by atoms with E-state index in [4.69, 9.17) is 10.5 Å². The van der Waals surface area contributed by atoms with E-state index in [9.17, 15) is 9.18 Å². The summed E-state index contributed by atoms with van der Waals surface area (Å²) >= 11 is 0. The number of anilines is 1. The monoisotopic (exact) mass is 238 g/mol. The van der Waals surface area contributed by atoms with Gasteiger partial charge >= 0.3 is 0 Å². The lowest BCUT2D eigenvalue weighted by Gasteiger charge is -2.38. The molecule has 3 N–H and O–H groups in total. The second-order valence-corrected chi connectivity index (χ2v) is 4.72. The summed E-state index contributed by atoms with van der Waals surface area (Å²) in [6.45, 7) is 3.99. The predicted octanol–water partition coefficient (Wildman–Crippen LogP) is 1.37. The van der Waals surface area contributed by atoms with Gasteiger partial charge in [0, 0.05) is 17.5 Å². The Labute approximate surface area is 98.9 Å². The number of ether oxygens (including phenoxy) is 1. The van der Waals surface area contributed by atoms with Crippen molar-refractivity contribution in [3.8, 4) is 0 Å². The molecule has 2 rings (SSSR count). The van der Waals surface area contributed by atoms with E-state index in [2.05, 4.69) is 12.2 Å². The topological polar surface area (TPSA) is 64.3 Å². The van der Waals surface area contributed by atoms with Crippen LogP contribution in [0.1, 0.15) is 17.3 Å². The van der Waals surface area contributed by atoms with Crippen LogP contribution in [0.25, 0.3) is 0 Å². The normalized spacial score (nSPS) is 17.3. The molecule has 0 atom stereocenters. The molecule has 0 unspecified atom stereocenters. The van der Waals surface area contributed by atoms with Gasteiger partial charge in [0.1, 0.15) is 5.82 Å². The van der Waals surface area contributed by atoms with Gasteiger partial charge in [-0.2, -0.15) is 0 Å². The number of hydrogen-bond acceptors (Lipinski definition) is 3. The first kappa shape index (κ1) is 11.9. The molecular formula is C12H15FN2O2. The summed E-state index contributed by atoms with van der Waals surface area (Å²) < 4.78 is 18.6. The summed E-state index contributed by atoms with van der Waals surface area (Å²) in [7, 11) is 0. The Kier molecular flexibility index (Phi) is 3.02. The third-order valence-electron chi connectivity index (χ3n) is 2.86. The number of carbonyl (C=O) groups excluding carboxylic acids is 1. The molecule has 1 aliphatic heterocycles. The average molecular weight is 238 g/mol. The summed E-state index contributed by atoms with van der Waals surface area (Å²) in [6, 6.07) is 4.04. The molecule has 0 spiro atoms. The number of rotatable bonds is 4. The Balaban J connectivity index is 2.08. The molecule has 1 fully saturated rings. The Morgan fingerprint density at radius 2 is 2.29 bits per heavy atom. The number of hydrogen-bond donors (Lipinski definition) is 2. The molecule has 1 saturated heterocycles. The number of halogens is 1. The number of primary amides is 1. The smallest absolute Gasteiger partial charge is 0.248 e. The Hall–Kier alpha value is -1.62. The molecule has 1 aliphatic rings. The minimum Gasteiger partial charge on any atom is -0.382 e. The SMILES string of the molecule is CC1(CNc2cc(C(N)=O)ccc2F)COC1. The van der Waals surface area contributed by atoms with Crippen LogP contribution in [0.4, 0.5) is 10.1 Å². The second kappa shape index (κ2) is 4.33. The van der Waals surface area contributed by atoms with Crippen molar-refractivity contribution in [2.45, 2.75) is 6.92 Å². The van der Waals surface area contributed by atoms with E-state index in [1.54, 1.807) is 0 Å². The largest absolute Gasteiger partial charge is 0.382 e. The number of amides is 1. The molecular weight excluding hydrogens is 223 g/mol. The van der Waals surface area contributed by atoms with Gasteiger partial charge in [0.2, 0.25) is 5.91 Å². The van der Waals surface area contributed by atoms with E-state index >= 15 is 0 Å². The standard InChI is InChI=1S/C12H15FN2O2/c1-12(6-17-7-12)5-15-10-4-8(11(14)16)2-3-9(10)13/h2-4,15H,5-7H2,1H3,(H2,14,16). The molecule has 92 valence electrons. The van der Waals surface area contributed by atoms with Crippen LogP contribution in [0.2, 0.25) is 0 Å². The van der Waals surface area contributed by atoms with Crippen molar-refractivity contribution in [3.63, 3.8) is 0 Å². The average Bonchev–Trinajstić information content (AvgIpc) is 2.25. The van der Waals surface area contributed by atoms with Gasteiger partial charge in [-0.05, 0) is 18.2 Å². The van der Waals surface area contributed by atoms with Crippen LogP contribution in [0.3, 0.4) is 0 Å². The van der Waals surface area contributed by atoms with Crippen LogP contribution in [-0.4, -0.2) is 25.7 Å². The number of nitrogens with two attached hydrogens (primary N) is 1. The molecule has 1 heterocycles. The Morgan fingerprint density at radius 1 is 1.59 bits per heavy atom. The Bertz CT molecular complexity index is 444. The first-order valence-corrected chi connectivity index (χ1v) is 5.41. The van der Waals surface area contributed by atoms with Crippen molar-refractivity contribution in [1.29, 1.82) is 0 Å². The zero-order chi connectivity index (χ0) is 12.5. The molecule has 1 amide bonds. The molecule has 0 saturated carbocycles. The van der Waals surface area contributed by atoms with Crippen LogP contribution in [0.5, 0.6) is 0 Å². The lowest BCUT2D eigenvalue weighted by Crippen LogP contribution is -2.45. The van der Waals surface area contributed by atoms with Crippen LogP contribution < -0.4 is 11.1 Å². The van der Waals surface area contributed by atoms with Gasteiger partial charge < -0.3 is 15.8 Å². The fourth-order valence-electron chi connectivity index (χ4n) is 1.68. The van der Waals surface area contributed by atoms with Gasteiger partial charge in [0.25, 0.3) is 0 Å². The van der Waals surface area contributed by atoms with Gasteiger partial charge in [-0.15, -0.1) is 0 Å². The summed E-state index contributed by atoms with van der Waals surface area (Å²) in [5, 5.41) is 2.99. The van der Waals surface area contributed by atoms with Gasteiger partial charge in [-0.25, -0.2) is 4.39 Å². The maximum Gasteiger partial charge on any atom is 0.248 e. The quantitative estimate of drug-likeness (QED) is 0.832. The van der Waals surface area contributed by atoms with E-state index in [0.717, 1.165) is 0 Å². The molecule has 5 heteroatoms. The zero-order valence-corrected chi connectivity index (χ0v) is 9.63.